The van der Waals surface area contributed by atoms with E-state index in [1.807, 2.05) is 18.2 Å². The molecule has 1 aromatic carbocycles. The number of rotatable bonds is 1. The van der Waals surface area contributed by atoms with E-state index in [1.54, 1.807) is 0 Å². The van der Waals surface area contributed by atoms with E-state index in [4.69, 9.17) is 7.85 Å². The Labute approximate surface area is 119 Å². The summed E-state index contributed by atoms with van der Waals surface area (Å²) in [4.78, 5) is 4.49. The first-order valence-electron chi connectivity index (χ1n) is 6.86. The molecule has 0 unspecified atom stereocenters. The third-order valence-corrected chi connectivity index (χ3v) is 3.83. The van der Waals surface area contributed by atoms with Gasteiger partial charge in [0.15, 0.2) is 0 Å². The summed E-state index contributed by atoms with van der Waals surface area (Å²) in [7, 11) is 5.85. The van der Waals surface area contributed by atoms with Crippen molar-refractivity contribution in [2.24, 2.45) is 0 Å². The standard InChI is InChI=1S/C17H13BN2/c18-16-10-5-11-17(19-16)20-14-8-3-1-6-12(14)13-7-2-4-9-15(13)20/h1-3,5-8,10-11H,4,9H2. The van der Waals surface area contributed by atoms with E-state index >= 15 is 0 Å². The van der Waals surface area contributed by atoms with Crippen molar-refractivity contribution in [2.75, 3.05) is 0 Å². The van der Waals surface area contributed by atoms with Crippen LogP contribution >= 0.6 is 0 Å². The molecule has 3 aromatic rings. The first-order chi connectivity index (χ1) is 9.84. The number of fused-ring (bicyclic) bond motifs is 3. The quantitative estimate of drug-likeness (QED) is 0.612. The largest absolute Gasteiger partial charge is 0.298 e. The smallest absolute Gasteiger partial charge is 0.141 e. The van der Waals surface area contributed by atoms with Gasteiger partial charge in [0, 0.05) is 16.6 Å². The van der Waals surface area contributed by atoms with Gasteiger partial charge in [-0.05, 0) is 30.6 Å². The predicted octanol–water partition coefficient (Wildman–Crippen LogP) is 2.78. The van der Waals surface area contributed by atoms with Gasteiger partial charge in [0.1, 0.15) is 13.7 Å². The van der Waals surface area contributed by atoms with Crippen LogP contribution in [0.3, 0.4) is 0 Å². The Morgan fingerprint density at radius 3 is 2.85 bits per heavy atom. The van der Waals surface area contributed by atoms with E-state index in [2.05, 4.69) is 46.0 Å². The Bertz CT molecular complexity index is 830. The molecule has 2 heterocycles. The van der Waals surface area contributed by atoms with Crippen molar-refractivity contribution in [1.82, 2.24) is 9.55 Å². The molecule has 0 aliphatic heterocycles. The Balaban J connectivity index is 2.11. The molecule has 1 aliphatic rings. The molecule has 0 bridgehead atoms. The topological polar surface area (TPSA) is 17.8 Å². The summed E-state index contributed by atoms with van der Waals surface area (Å²) in [6, 6.07) is 14.3. The molecular formula is C17H13BN2. The third kappa shape index (κ3) is 1.63. The third-order valence-electron chi connectivity index (χ3n) is 3.83. The normalized spacial score (nSPS) is 13.6. The van der Waals surface area contributed by atoms with E-state index in [0.29, 0.717) is 5.59 Å². The SMILES string of the molecule is [B]c1cccc(-n2c3c(c4ccccc42)C=CCC3)n1. The number of allylic oxidation sites excluding steroid dienone is 1. The minimum Gasteiger partial charge on any atom is -0.298 e. The van der Waals surface area contributed by atoms with Gasteiger partial charge in [-0.25, -0.2) is 4.98 Å². The van der Waals surface area contributed by atoms with Crippen LogP contribution in [0.15, 0.2) is 48.5 Å². The van der Waals surface area contributed by atoms with Crippen LogP contribution in [0.2, 0.25) is 0 Å². The summed E-state index contributed by atoms with van der Waals surface area (Å²) in [5.41, 5.74) is 4.39. The van der Waals surface area contributed by atoms with Crippen LogP contribution in [0.5, 0.6) is 0 Å². The van der Waals surface area contributed by atoms with Gasteiger partial charge in [0.05, 0.1) is 5.52 Å². The van der Waals surface area contributed by atoms with Crippen LogP contribution in [0.4, 0.5) is 0 Å². The summed E-state index contributed by atoms with van der Waals surface area (Å²) in [5.74, 6) is 0.901. The molecule has 2 radical (unpaired) electrons. The molecule has 20 heavy (non-hydrogen) atoms. The number of hydrogen-bond donors (Lipinski definition) is 0. The van der Waals surface area contributed by atoms with Gasteiger partial charge in [-0.15, -0.1) is 0 Å². The highest BCUT2D eigenvalue weighted by Crippen LogP contribution is 2.32. The molecular weight excluding hydrogens is 243 g/mol. The molecule has 3 heteroatoms. The lowest BCUT2D eigenvalue weighted by molar-refractivity contribution is 0.873. The van der Waals surface area contributed by atoms with E-state index in [1.165, 1.54) is 22.2 Å². The van der Waals surface area contributed by atoms with Gasteiger partial charge in [-0.3, -0.25) is 4.57 Å². The Hall–Kier alpha value is -2.29. The second-order valence-corrected chi connectivity index (χ2v) is 5.07. The van der Waals surface area contributed by atoms with Crippen molar-refractivity contribution in [3.05, 3.63) is 59.8 Å². The Morgan fingerprint density at radius 1 is 1.05 bits per heavy atom. The van der Waals surface area contributed by atoms with Crippen molar-refractivity contribution in [2.45, 2.75) is 12.8 Å². The van der Waals surface area contributed by atoms with Gasteiger partial charge in [-0.2, -0.15) is 0 Å². The minimum atomic E-state index is 0.556. The number of para-hydroxylation sites is 1. The summed E-state index contributed by atoms with van der Waals surface area (Å²) in [6.07, 6.45) is 6.58. The highest BCUT2D eigenvalue weighted by molar-refractivity contribution is 6.30. The molecule has 0 spiro atoms. The lowest BCUT2D eigenvalue weighted by atomic mass is 10.0. The van der Waals surface area contributed by atoms with Gasteiger partial charge in [-0.1, -0.05) is 42.5 Å². The summed E-state index contributed by atoms with van der Waals surface area (Å²) in [5, 5.41) is 1.28. The van der Waals surface area contributed by atoms with Crippen molar-refractivity contribution < 1.29 is 0 Å². The van der Waals surface area contributed by atoms with Crippen LogP contribution < -0.4 is 5.59 Å². The van der Waals surface area contributed by atoms with E-state index in [-0.39, 0.29) is 0 Å². The second-order valence-electron chi connectivity index (χ2n) is 5.07. The van der Waals surface area contributed by atoms with Crippen LogP contribution in [0.25, 0.3) is 22.8 Å². The van der Waals surface area contributed by atoms with Crippen LogP contribution in [0.1, 0.15) is 17.7 Å². The lowest BCUT2D eigenvalue weighted by Gasteiger charge is -2.12. The molecule has 0 saturated carbocycles. The number of nitrogens with zero attached hydrogens (tertiary/aromatic N) is 2. The molecule has 0 amide bonds. The molecule has 94 valence electrons. The molecule has 2 nitrogen and oxygen atoms in total. The van der Waals surface area contributed by atoms with E-state index < -0.39 is 0 Å². The van der Waals surface area contributed by atoms with Crippen molar-refractivity contribution >= 4 is 30.4 Å². The second kappa shape index (κ2) is 4.38. The molecule has 1 aliphatic carbocycles. The first-order valence-corrected chi connectivity index (χ1v) is 6.86. The maximum Gasteiger partial charge on any atom is 0.141 e. The summed E-state index contributed by atoms with van der Waals surface area (Å²) < 4.78 is 2.24. The number of pyridine rings is 1. The van der Waals surface area contributed by atoms with Crippen molar-refractivity contribution in [1.29, 1.82) is 0 Å². The fraction of sp³-hybridized carbons (Fsp3) is 0.118. The van der Waals surface area contributed by atoms with Gasteiger partial charge >= 0.3 is 0 Å². The molecule has 0 fully saturated rings. The Kier molecular flexibility index (Phi) is 2.52. The van der Waals surface area contributed by atoms with Gasteiger partial charge in [0.2, 0.25) is 0 Å². The van der Waals surface area contributed by atoms with Crippen LogP contribution in [-0.2, 0) is 6.42 Å². The molecule has 0 N–H and O–H groups in total. The van der Waals surface area contributed by atoms with Gasteiger partial charge in [0.25, 0.3) is 0 Å². The zero-order valence-corrected chi connectivity index (χ0v) is 11.1. The number of hydrogen-bond acceptors (Lipinski definition) is 1. The fourth-order valence-electron chi connectivity index (χ4n) is 3.00. The van der Waals surface area contributed by atoms with Crippen LogP contribution in [-0.4, -0.2) is 17.4 Å². The average Bonchev–Trinajstić information content (AvgIpc) is 2.82. The molecule has 2 aromatic heterocycles. The average molecular weight is 256 g/mol. The fourth-order valence-corrected chi connectivity index (χ4v) is 3.00. The summed E-state index contributed by atoms with van der Waals surface area (Å²) >= 11 is 0. The molecule has 4 rings (SSSR count). The Morgan fingerprint density at radius 2 is 1.95 bits per heavy atom. The van der Waals surface area contributed by atoms with Crippen LogP contribution in [0, 0.1) is 0 Å². The molecule has 0 saturated heterocycles. The maximum absolute atomic E-state index is 5.85. The zero-order chi connectivity index (χ0) is 13.5. The van der Waals surface area contributed by atoms with Gasteiger partial charge < -0.3 is 0 Å². The maximum atomic E-state index is 5.85. The highest BCUT2D eigenvalue weighted by atomic mass is 15.1. The lowest BCUT2D eigenvalue weighted by Crippen LogP contribution is -2.13. The number of aromatic nitrogens is 2. The van der Waals surface area contributed by atoms with Crippen molar-refractivity contribution in [3.8, 4) is 5.82 Å². The number of benzene rings is 1. The predicted molar refractivity (Wildman–Crippen MR) is 83.8 cm³/mol. The minimum absolute atomic E-state index is 0.556. The van der Waals surface area contributed by atoms with E-state index in [9.17, 15) is 0 Å². The van der Waals surface area contributed by atoms with E-state index in [0.717, 1.165) is 18.7 Å². The first kappa shape index (κ1) is 11.5. The summed E-state index contributed by atoms with van der Waals surface area (Å²) in [6.45, 7) is 0. The monoisotopic (exact) mass is 256 g/mol. The highest BCUT2D eigenvalue weighted by Gasteiger charge is 2.18. The van der Waals surface area contributed by atoms with Crippen molar-refractivity contribution in [3.63, 3.8) is 0 Å². The zero-order valence-electron chi connectivity index (χ0n) is 11.1. The molecule has 0 atom stereocenters.